The summed E-state index contributed by atoms with van der Waals surface area (Å²) in [5, 5.41) is 0. The van der Waals surface area contributed by atoms with Gasteiger partial charge in [-0.1, -0.05) is 29.8 Å². The standard InChI is InChI=1S/C17H25NO4/c1-6-21-16(19)14(17(20)22-7-2)15(18(4)5)13-10-8-12(3)9-11-13/h8-11,14-15H,6-7H2,1-5H3/t15-/m0/s1. The van der Waals surface area contributed by atoms with Crippen molar-refractivity contribution in [3.63, 3.8) is 0 Å². The smallest absolute Gasteiger partial charge is 0.322 e. The normalized spacial score (nSPS) is 12.3. The zero-order chi connectivity index (χ0) is 16.7. The van der Waals surface area contributed by atoms with Crippen molar-refractivity contribution < 1.29 is 19.1 Å². The molecule has 0 aliphatic carbocycles. The number of aryl methyl sites for hydroxylation is 1. The highest BCUT2D eigenvalue weighted by molar-refractivity contribution is 5.96. The third-order valence-electron chi connectivity index (χ3n) is 3.37. The zero-order valence-electron chi connectivity index (χ0n) is 14.0. The topological polar surface area (TPSA) is 55.8 Å². The summed E-state index contributed by atoms with van der Waals surface area (Å²) in [7, 11) is 3.66. The minimum absolute atomic E-state index is 0.225. The van der Waals surface area contributed by atoms with Crippen LogP contribution < -0.4 is 0 Å². The molecule has 0 fully saturated rings. The van der Waals surface area contributed by atoms with Crippen LogP contribution in [0.1, 0.15) is 31.0 Å². The van der Waals surface area contributed by atoms with Crippen molar-refractivity contribution in [1.82, 2.24) is 4.90 Å². The van der Waals surface area contributed by atoms with Gasteiger partial charge < -0.3 is 14.4 Å². The van der Waals surface area contributed by atoms with E-state index in [-0.39, 0.29) is 13.2 Å². The molecule has 0 saturated heterocycles. The molecule has 0 aliphatic heterocycles. The van der Waals surface area contributed by atoms with E-state index in [1.165, 1.54) is 0 Å². The summed E-state index contributed by atoms with van der Waals surface area (Å²) in [5.41, 5.74) is 1.99. The molecule has 0 saturated carbocycles. The average Bonchev–Trinajstić information content (AvgIpc) is 2.45. The predicted octanol–water partition coefficient (Wildman–Crippen LogP) is 2.34. The number of rotatable bonds is 7. The molecule has 0 bridgehead atoms. The zero-order valence-corrected chi connectivity index (χ0v) is 14.0. The monoisotopic (exact) mass is 307 g/mol. The molecule has 0 heterocycles. The largest absolute Gasteiger partial charge is 0.465 e. The highest BCUT2D eigenvalue weighted by atomic mass is 16.6. The Morgan fingerprint density at radius 2 is 1.45 bits per heavy atom. The Kier molecular flexibility index (Phi) is 7.05. The lowest BCUT2D eigenvalue weighted by Gasteiger charge is -2.30. The van der Waals surface area contributed by atoms with E-state index < -0.39 is 23.9 Å². The lowest BCUT2D eigenvalue weighted by Crippen LogP contribution is -2.39. The van der Waals surface area contributed by atoms with Crippen LogP contribution in [0.5, 0.6) is 0 Å². The van der Waals surface area contributed by atoms with Gasteiger partial charge in [0.15, 0.2) is 5.92 Å². The van der Waals surface area contributed by atoms with Crippen molar-refractivity contribution in [2.75, 3.05) is 27.3 Å². The van der Waals surface area contributed by atoms with Crippen molar-refractivity contribution in [3.8, 4) is 0 Å². The molecule has 0 amide bonds. The van der Waals surface area contributed by atoms with Crippen LogP contribution in [0.3, 0.4) is 0 Å². The van der Waals surface area contributed by atoms with E-state index >= 15 is 0 Å². The van der Waals surface area contributed by atoms with E-state index in [9.17, 15) is 9.59 Å². The summed E-state index contributed by atoms with van der Waals surface area (Å²) in [6.45, 7) is 5.88. The van der Waals surface area contributed by atoms with E-state index in [1.54, 1.807) is 13.8 Å². The number of hydrogen-bond acceptors (Lipinski definition) is 5. The second-order valence-electron chi connectivity index (χ2n) is 5.30. The number of hydrogen-bond donors (Lipinski definition) is 0. The fourth-order valence-electron chi connectivity index (χ4n) is 2.37. The quantitative estimate of drug-likeness (QED) is 0.571. The highest BCUT2D eigenvalue weighted by Crippen LogP contribution is 2.29. The van der Waals surface area contributed by atoms with E-state index in [4.69, 9.17) is 9.47 Å². The Labute approximate surface area is 132 Å². The maximum atomic E-state index is 12.3. The Morgan fingerprint density at radius 1 is 1.00 bits per heavy atom. The molecule has 0 unspecified atom stereocenters. The molecule has 0 N–H and O–H groups in total. The van der Waals surface area contributed by atoms with Gasteiger partial charge in [-0.25, -0.2) is 0 Å². The van der Waals surface area contributed by atoms with Gasteiger partial charge in [0, 0.05) is 0 Å². The highest BCUT2D eigenvalue weighted by Gasteiger charge is 2.39. The molecule has 0 radical (unpaired) electrons. The van der Waals surface area contributed by atoms with Crippen LogP contribution >= 0.6 is 0 Å². The minimum Gasteiger partial charge on any atom is -0.465 e. The molecule has 5 heteroatoms. The number of benzene rings is 1. The average molecular weight is 307 g/mol. The molecule has 122 valence electrons. The third kappa shape index (κ3) is 4.56. The molecule has 22 heavy (non-hydrogen) atoms. The van der Waals surface area contributed by atoms with Gasteiger partial charge in [0.2, 0.25) is 0 Å². The first-order valence-corrected chi connectivity index (χ1v) is 7.48. The fourth-order valence-corrected chi connectivity index (χ4v) is 2.37. The summed E-state index contributed by atoms with van der Waals surface area (Å²) in [5.74, 6) is -2.11. The molecule has 1 aromatic carbocycles. The first kappa shape index (κ1) is 18.2. The first-order chi connectivity index (χ1) is 10.4. The van der Waals surface area contributed by atoms with Gasteiger partial charge in [-0.15, -0.1) is 0 Å². The summed E-state index contributed by atoms with van der Waals surface area (Å²) in [6.07, 6.45) is 0. The van der Waals surface area contributed by atoms with Crippen LogP contribution in [0.25, 0.3) is 0 Å². The Hall–Kier alpha value is -1.88. The maximum Gasteiger partial charge on any atom is 0.322 e. The van der Waals surface area contributed by atoms with Gasteiger partial charge in [0.05, 0.1) is 19.3 Å². The SMILES string of the molecule is CCOC(=O)C(C(=O)OCC)[C@H](c1ccc(C)cc1)N(C)C. The van der Waals surface area contributed by atoms with Gasteiger partial charge >= 0.3 is 11.9 Å². The number of nitrogens with zero attached hydrogens (tertiary/aromatic N) is 1. The van der Waals surface area contributed by atoms with Gasteiger partial charge in [-0.2, -0.15) is 0 Å². The van der Waals surface area contributed by atoms with E-state index in [1.807, 2.05) is 50.2 Å². The van der Waals surface area contributed by atoms with E-state index in [0.717, 1.165) is 11.1 Å². The third-order valence-corrected chi connectivity index (χ3v) is 3.37. The van der Waals surface area contributed by atoms with Gasteiger partial charge in [0.25, 0.3) is 0 Å². The first-order valence-electron chi connectivity index (χ1n) is 7.48. The molecule has 0 aliphatic rings. The van der Waals surface area contributed by atoms with Gasteiger partial charge in [0.1, 0.15) is 0 Å². The van der Waals surface area contributed by atoms with Crippen LogP contribution in [-0.2, 0) is 19.1 Å². The maximum absolute atomic E-state index is 12.3. The second kappa shape index (κ2) is 8.54. The Balaban J connectivity index is 3.22. The predicted molar refractivity (Wildman–Crippen MR) is 84.4 cm³/mol. The second-order valence-corrected chi connectivity index (χ2v) is 5.30. The molecule has 1 rings (SSSR count). The van der Waals surface area contributed by atoms with E-state index in [0.29, 0.717) is 0 Å². The van der Waals surface area contributed by atoms with Gasteiger partial charge in [-0.05, 0) is 40.4 Å². The van der Waals surface area contributed by atoms with Crippen LogP contribution in [0, 0.1) is 12.8 Å². The van der Waals surface area contributed by atoms with Crippen molar-refractivity contribution in [3.05, 3.63) is 35.4 Å². The molecule has 0 aromatic heterocycles. The number of esters is 2. The molecule has 1 aromatic rings. The Morgan fingerprint density at radius 3 is 1.82 bits per heavy atom. The molecular weight excluding hydrogens is 282 g/mol. The van der Waals surface area contributed by atoms with Crippen molar-refractivity contribution in [1.29, 1.82) is 0 Å². The summed E-state index contributed by atoms with van der Waals surface area (Å²) in [4.78, 5) is 26.4. The van der Waals surface area contributed by atoms with Gasteiger partial charge in [-0.3, -0.25) is 9.59 Å². The molecular formula is C17H25NO4. The number of ether oxygens (including phenoxy) is 2. The number of carbonyl (C=O) groups excluding carboxylic acids is 2. The summed E-state index contributed by atoms with van der Waals surface area (Å²) >= 11 is 0. The molecule has 1 atom stereocenters. The summed E-state index contributed by atoms with van der Waals surface area (Å²) < 4.78 is 10.2. The Bertz CT molecular complexity index is 478. The molecule has 5 nitrogen and oxygen atoms in total. The lowest BCUT2D eigenvalue weighted by molar-refractivity contribution is -0.165. The van der Waals surface area contributed by atoms with Crippen LogP contribution in [0.15, 0.2) is 24.3 Å². The van der Waals surface area contributed by atoms with E-state index in [2.05, 4.69) is 0 Å². The van der Waals surface area contributed by atoms with Crippen LogP contribution in [0.4, 0.5) is 0 Å². The minimum atomic E-state index is -1.00. The van der Waals surface area contributed by atoms with Crippen LogP contribution in [0.2, 0.25) is 0 Å². The van der Waals surface area contributed by atoms with Crippen molar-refractivity contribution >= 4 is 11.9 Å². The number of carbonyl (C=O) groups is 2. The van der Waals surface area contributed by atoms with Crippen molar-refractivity contribution in [2.24, 2.45) is 5.92 Å². The molecule has 0 spiro atoms. The lowest BCUT2D eigenvalue weighted by atomic mass is 9.91. The fraction of sp³-hybridized carbons (Fsp3) is 0.529. The summed E-state index contributed by atoms with van der Waals surface area (Å²) in [6, 6.07) is 7.33. The van der Waals surface area contributed by atoms with Crippen molar-refractivity contribution in [2.45, 2.75) is 26.8 Å². The van der Waals surface area contributed by atoms with Crippen LogP contribution in [-0.4, -0.2) is 44.1 Å².